The van der Waals surface area contributed by atoms with Gasteiger partial charge in [-0.2, -0.15) is 0 Å². The number of carbonyl (C=O) groups excluding carboxylic acids is 1. The number of hydrogen-bond acceptors (Lipinski definition) is 3. The smallest absolute Gasteiger partial charge is 0.287 e. The molecule has 2 aliphatic carbocycles. The predicted molar refractivity (Wildman–Crippen MR) is 73.8 cm³/mol. The molecule has 0 aromatic carbocycles. The van der Waals surface area contributed by atoms with Crippen LogP contribution in [-0.2, 0) is 0 Å². The summed E-state index contributed by atoms with van der Waals surface area (Å²) in [5.74, 6) is 1.50. The molecule has 0 saturated heterocycles. The van der Waals surface area contributed by atoms with Crippen LogP contribution < -0.4 is 5.32 Å². The molecule has 19 heavy (non-hydrogen) atoms. The number of aryl methyl sites for hydroxylation is 1. The van der Waals surface area contributed by atoms with Crippen LogP contribution in [-0.4, -0.2) is 23.7 Å². The van der Waals surface area contributed by atoms with E-state index in [9.17, 15) is 9.90 Å². The molecule has 0 spiro atoms. The first kappa shape index (κ1) is 13.2. The summed E-state index contributed by atoms with van der Waals surface area (Å²) in [5.41, 5.74) is 0.827. The molecule has 2 fully saturated rings. The summed E-state index contributed by atoms with van der Waals surface area (Å²) >= 11 is 3.24. The Kier molecular flexibility index (Phi) is 3.43. The minimum absolute atomic E-state index is 0.0968. The summed E-state index contributed by atoms with van der Waals surface area (Å²) in [6.07, 6.45) is 3.48. The van der Waals surface area contributed by atoms with Crippen LogP contribution in [0, 0.1) is 24.7 Å². The van der Waals surface area contributed by atoms with Crippen molar-refractivity contribution in [1.82, 2.24) is 5.32 Å². The molecule has 2 aliphatic rings. The zero-order valence-electron chi connectivity index (χ0n) is 10.9. The van der Waals surface area contributed by atoms with Crippen molar-refractivity contribution >= 4 is 21.8 Å². The number of halogens is 1. The summed E-state index contributed by atoms with van der Waals surface area (Å²) in [6, 6.07) is 1.89. The summed E-state index contributed by atoms with van der Waals surface area (Å²) in [5, 5.41) is 12.6. The molecule has 1 aromatic heterocycles. The molecule has 0 radical (unpaired) electrons. The molecule has 4 nitrogen and oxygen atoms in total. The van der Waals surface area contributed by atoms with Crippen LogP contribution in [0.25, 0.3) is 0 Å². The normalized spacial score (nSPS) is 32.8. The fourth-order valence-electron chi connectivity index (χ4n) is 3.78. The number of carbonyl (C=O) groups is 1. The molecule has 2 bridgehead atoms. The second-order valence-electron chi connectivity index (χ2n) is 5.74. The van der Waals surface area contributed by atoms with Crippen LogP contribution in [0.4, 0.5) is 0 Å². The predicted octanol–water partition coefficient (Wildman–Crippen LogP) is 2.49. The Labute approximate surface area is 120 Å². The van der Waals surface area contributed by atoms with Gasteiger partial charge in [-0.15, -0.1) is 0 Å². The third-order valence-electron chi connectivity index (χ3n) is 4.69. The lowest BCUT2D eigenvalue weighted by molar-refractivity contribution is 0.0832. The minimum Gasteiger partial charge on any atom is -0.444 e. The van der Waals surface area contributed by atoms with Crippen molar-refractivity contribution in [3.8, 4) is 0 Å². The van der Waals surface area contributed by atoms with E-state index in [1.165, 1.54) is 6.42 Å². The molecule has 0 aliphatic heterocycles. The van der Waals surface area contributed by atoms with Gasteiger partial charge in [0.1, 0.15) is 0 Å². The average molecular weight is 328 g/mol. The Balaban J connectivity index is 1.74. The Morgan fingerprint density at radius 1 is 1.53 bits per heavy atom. The van der Waals surface area contributed by atoms with Crippen LogP contribution in [0.15, 0.2) is 15.2 Å². The van der Waals surface area contributed by atoms with Crippen LogP contribution in [0.3, 0.4) is 0 Å². The molecular formula is C14H18BrNO3. The van der Waals surface area contributed by atoms with Gasteiger partial charge in [0, 0.05) is 24.1 Å². The molecule has 3 rings (SSSR count). The van der Waals surface area contributed by atoms with E-state index in [1.807, 2.05) is 6.92 Å². The first-order chi connectivity index (χ1) is 9.10. The quantitative estimate of drug-likeness (QED) is 0.896. The fourth-order valence-corrected chi connectivity index (χ4v) is 4.29. The number of nitrogens with one attached hydrogen (secondary N) is 1. The SMILES string of the molecule is Cc1cc(Br)oc1C(=O)N[C@H]1[C@H]2CC[C@@H](C2)[C@@H]1CO. The topological polar surface area (TPSA) is 62.5 Å². The van der Waals surface area contributed by atoms with E-state index in [0.717, 1.165) is 18.4 Å². The monoisotopic (exact) mass is 327 g/mol. The van der Waals surface area contributed by atoms with Gasteiger partial charge in [0.05, 0.1) is 0 Å². The van der Waals surface area contributed by atoms with Crippen molar-refractivity contribution in [2.45, 2.75) is 32.2 Å². The third kappa shape index (κ3) is 2.23. The van der Waals surface area contributed by atoms with Gasteiger partial charge in [0.15, 0.2) is 10.4 Å². The lowest BCUT2D eigenvalue weighted by Crippen LogP contribution is -2.45. The van der Waals surface area contributed by atoms with Gasteiger partial charge in [-0.25, -0.2) is 0 Å². The van der Waals surface area contributed by atoms with E-state index in [0.29, 0.717) is 22.3 Å². The molecule has 5 heteroatoms. The summed E-state index contributed by atoms with van der Waals surface area (Å²) in [6.45, 7) is 2.01. The van der Waals surface area contributed by atoms with E-state index >= 15 is 0 Å². The van der Waals surface area contributed by atoms with Crippen molar-refractivity contribution in [3.63, 3.8) is 0 Å². The van der Waals surface area contributed by atoms with E-state index in [1.54, 1.807) is 6.07 Å². The first-order valence-electron chi connectivity index (χ1n) is 6.77. The van der Waals surface area contributed by atoms with Gasteiger partial charge in [0.25, 0.3) is 5.91 Å². The molecule has 4 atom stereocenters. The molecule has 2 saturated carbocycles. The number of rotatable bonds is 3. The zero-order chi connectivity index (χ0) is 13.6. The number of fused-ring (bicyclic) bond motifs is 2. The Morgan fingerprint density at radius 2 is 2.26 bits per heavy atom. The second kappa shape index (κ2) is 4.94. The highest BCUT2D eigenvalue weighted by Crippen LogP contribution is 2.48. The third-order valence-corrected chi connectivity index (χ3v) is 5.08. The minimum atomic E-state index is -0.167. The van der Waals surface area contributed by atoms with Gasteiger partial charge < -0.3 is 14.8 Å². The Hall–Kier alpha value is -0.810. The van der Waals surface area contributed by atoms with Gasteiger partial charge >= 0.3 is 0 Å². The van der Waals surface area contributed by atoms with Gasteiger partial charge in [-0.1, -0.05) is 0 Å². The molecule has 0 unspecified atom stereocenters. The molecule has 1 aromatic rings. The van der Waals surface area contributed by atoms with Gasteiger partial charge in [-0.3, -0.25) is 4.79 Å². The number of aliphatic hydroxyl groups excluding tert-OH is 1. The van der Waals surface area contributed by atoms with Crippen molar-refractivity contribution in [2.75, 3.05) is 6.61 Å². The lowest BCUT2D eigenvalue weighted by Gasteiger charge is -2.30. The molecule has 1 heterocycles. The first-order valence-corrected chi connectivity index (χ1v) is 7.57. The average Bonchev–Trinajstić information content (AvgIpc) is 3.03. The zero-order valence-corrected chi connectivity index (χ0v) is 12.4. The second-order valence-corrected chi connectivity index (χ2v) is 6.52. The molecule has 1 amide bonds. The van der Waals surface area contributed by atoms with Crippen molar-refractivity contribution < 1.29 is 14.3 Å². The Morgan fingerprint density at radius 3 is 2.89 bits per heavy atom. The highest BCUT2D eigenvalue weighted by atomic mass is 79.9. The van der Waals surface area contributed by atoms with Crippen molar-refractivity contribution in [1.29, 1.82) is 0 Å². The highest BCUT2D eigenvalue weighted by molar-refractivity contribution is 9.10. The van der Waals surface area contributed by atoms with Crippen LogP contribution in [0.1, 0.15) is 35.4 Å². The van der Waals surface area contributed by atoms with E-state index in [2.05, 4.69) is 21.2 Å². The van der Waals surface area contributed by atoms with Crippen LogP contribution in [0.5, 0.6) is 0 Å². The number of amides is 1. The number of hydrogen-bond donors (Lipinski definition) is 2. The number of aliphatic hydroxyl groups is 1. The van der Waals surface area contributed by atoms with Gasteiger partial charge in [-0.05, 0) is 60.0 Å². The maximum Gasteiger partial charge on any atom is 0.287 e. The van der Waals surface area contributed by atoms with E-state index in [-0.39, 0.29) is 24.5 Å². The number of furan rings is 1. The van der Waals surface area contributed by atoms with Crippen molar-refractivity contribution in [3.05, 3.63) is 22.1 Å². The Bertz CT molecular complexity index is 499. The van der Waals surface area contributed by atoms with E-state index < -0.39 is 0 Å². The summed E-state index contributed by atoms with van der Waals surface area (Å²) in [4.78, 5) is 12.3. The lowest BCUT2D eigenvalue weighted by atomic mass is 9.85. The standard InChI is InChI=1S/C14H18BrNO3/c1-7-4-11(15)19-13(7)14(18)16-12-9-3-2-8(5-9)10(12)6-17/h4,8-10,12,17H,2-3,5-6H2,1H3,(H,16,18)/t8-,9-,10-,12-/m0/s1. The highest BCUT2D eigenvalue weighted by Gasteiger charge is 2.47. The van der Waals surface area contributed by atoms with Crippen molar-refractivity contribution in [2.24, 2.45) is 17.8 Å². The molecular weight excluding hydrogens is 310 g/mol. The largest absolute Gasteiger partial charge is 0.444 e. The maximum absolute atomic E-state index is 12.3. The van der Waals surface area contributed by atoms with Crippen LogP contribution >= 0.6 is 15.9 Å². The van der Waals surface area contributed by atoms with E-state index in [4.69, 9.17) is 4.42 Å². The van der Waals surface area contributed by atoms with Crippen LogP contribution in [0.2, 0.25) is 0 Å². The summed E-state index contributed by atoms with van der Waals surface area (Å²) < 4.78 is 5.95. The fraction of sp³-hybridized carbons (Fsp3) is 0.643. The van der Waals surface area contributed by atoms with Gasteiger partial charge in [0.2, 0.25) is 0 Å². The molecule has 104 valence electrons. The maximum atomic E-state index is 12.3. The molecule has 2 N–H and O–H groups in total. The summed E-state index contributed by atoms with van der Waals surface area (Å²) in [7, 11) is 0.